The lowest BCUT2D eigenvalue weighted by Crippen LogP contribution is -2.30. The monoisotopic (exact) mass is 300 g/mol. The molecule has 0 saturated heterocycles. The molecule has 2 aromatic carbocycles. The first-order chi connectivity index (χ1) is 9.90. The molecule has 21 heavy (non-hydrogen) atoms. The Morgan fingerprint density at radius 3 is 2.62 bits per heavy atom. The maximum atomic E-state index is 3.55. The molecule has 2 heterocycles. The summed E-state index contributed by atoms with van der Waals surface area (Å²) in [7, 11) is 0. The topological polar surface area (TPSA) is 15.3 Å². The van der Waals surface area contributed by atoms with Crippen molar-refractivity contribution in [2.45, 2.75) is 25.9 Å². The molecule has 2 aromatic rings. The molecule has 0 aliphatic carbocycles. The second kappa shape index (κ2) is 6.08. The van der Waals surface area contributed by atoms with E-state index >= 15 is 0 Å². The van der Waals surface area contributed by atoms with E-state index in [0.29, 0.717) is 0 Å². The predicted octanol–water partition coefficient (Wildman–Crippen LogP) is 3.63. The first-order valence-electron chi connectivity index (χ1n) is 7.54. The van der Waals surface area contributed by atoms with Crippen molar-refractivity contribution in [2.24, 2.45) is 0 Å². The number of anilines is 1. The van der Waals surface area contributed by atoms with E-state index in [-0.39, 0.29) is 12.4 Å². The molecule has 3 heteroatoms. The third kappa shape index (κ3) is 2.78. The highest BCUT2D eigenvalue weighted by atomic mass is 35.5. The van der Waals surface area contributed by atoms with Crippen molar-refractivity contribution in [3.8, 4) is 0 Å². The summed E-state index contributed by atoms with van der Waals surface area (Å²) in [6.07, 6.45) is 2.35. The lowest BCUT2D eigenvalue weighted by Gasteiger charge is -2.29. The molecule has 0 atom stereocenters. The number of rotatable bonds is 2. The van der Waals surface area contributed by atoms with Crippen molar-refractivity contribution < 1.29 is 0 Å². The van der Waals surface area contributed by atoms with Gasteiger partial charge in [-0.25, -0.2) is 0 Å². The van der Waals surface area contributed by atoms with E-state index in [2.05, 4.69) is 52.7 Å². The quantitative estimate of drug-likeness (QED) is 0.911. The van der Waals surface area contributed by atoms with Gasteiger partial charge in [0.15, 0.2) is 0 Å². The van der Waals surface area contributed by atoms with Crippen molar-refractivity contribution in [3.05, 3.63) is 64.7 Å². The Bertz CT molecular complexity index is 639. The number of fused-ring (bicyclic) bond motifs is 2. The van der Waals surface area contributed by atoms with E-state index in [1.54, 1.807) is 0 Å². The van der Waals surface area contributed by atoms with Crippen LogP contribution >= 0.6 is 12.4 Å². The Hall–Kier alpha value is -1.51. The number of benzene rings is 2. The van der Waals surface area contributed by atoms with Gasteiger partial charge in [0.05, 0.1) is 0 Å². The Kier molecular flexibility index (Phi) is 4.18. The minimum Gasteiger partial charge on any atom is -0.384 e. The molecule has 2 nitrogen and oxygen atoms in total. The third-order valence-electron chi connectivity index (χ3n) is 4.54. The minimum atomic E-state index is 0. The zero-order chi connectivity index (χ0) is 13.4. The second-order valence-corrected chi connectivity index (χ2v) is 5.86. The van der Waals surface area contributed by atoms with Gasteiger partial charge in [-0.05, 0) is 35.1 Å². The van der Waals surface area contributed by atoms with Gasteiger partial charge in [-0.3, -0.25) is 4.90 Å². The average Bonchev–Trinajstić information content (AvgIpc) is 2.97. The van der Waals surface area contributed by atoms with E-state index in [4.69, 9.17) is 0 Å². The van der Waals surface area contributed by atoms with Crippen LogP contribution in [0.4, 0.5) is 5.69 Å². The smallest absolute Gasteiger partial charge is 0.0419 e. The van der Waals surface area contributed by atoms with Crippen molar-refractivity contribution in [3.63, 3.8) is 0 Å². The van der Waals surface area contributed by atoms with Crippen LogP contribution in [0, 0.1) is 0 Å². The molecular formula is C18H21ClN2. The van der Waals surface area contributed by atoms with Crippen LogP contribution in [-0.2, 0) is 25.9 Å². The molecule has 0 spiro atoms. The molecule has 4 rings (SSSR count). The summed E-state index contributed by atoms with van der Waals surface area (Å²) in [5.74, 6) is 0. The lowest BCUT2D eigenvalue weighted by molar-refractivity contribution is 0.246. The number of hydrogen-bond acceptors (Lipinski definition) is 2. The standard InChI is InChI=1S/C18H20N2.ClH/c1-2-5-16-12-20(11-9-14(16)4-1)13-17-7-3-6-15-8-10-19-18(15)17;/h1-7,19H,8-13H2;1H. The molecule has 0 unspecified atom stereocenters. The van der Waals surface area contributed by atoms with Gasteiger partial charge in [-0.2, -0.15) is 0 Å². The summed E-state index contributed by atoms with van der Waals surface area (Å²) in [6.45, 7) is 4.40. The Morgan fingerprint density at radius 1 is 0.905 bits per heavy atom. The Balaban J connectivity index is 0.00000132. The maximum absolute atomic E-state index is 3.55. The van der Waals surface area contributed by atoms with Gasteiger partial charge < -0.3 is 5.32 Å². The molecule has 0 fully saturated rings. The van der Waals surface area contributed by atoms with E-state index in [9.17, 15) is 0 Å². The van der Waals surface area contributed by atoms with E-state index in [0.717, 1.165) is 19.6 Å². The van der Waals surface area contributed by atoms with Crippen LogP contribution in [0.2, 0.25) is 0 Å². The number of nitrogens with one attached hydrogen (secondary N) is 1. The predicted molar refractivity (Wildman–Crippen MR) is 90.1 cm³/mol. The van der Waals surface area contributed by atoms with Gasteiger partial charge in [0.1, 0.15) is 0 Å². The first-order valence-corrected chi connectivity index (χ1v) is 7.54. The minimum absolute atomic E-state index is 0. The zero-order valence-corrected chi connectivity index (χ0v) is 13.0. The van der Waals surface area contributed by atoms with Crippen LogP contribution in [0.3, 0.4) is 0 Å². The fourth-order valence-corrected chi connectivity index (χ4v) is 3.47. The van der Waals surface area contributed by atoms with Crippen LogP contribution in [-0.4, -0.2) is 18.0 Å². The Labute approximate surface area is 132 Å². The van der Waals surface area contributed by atoms with Crippen LogP contribution < -0.4 is 5.32 Å². The summed E-state index contributed by atoms with van der Waals surface area (Å²) in [4.78, 5) is 2.57. The molecule has 2 aliphatic rings. The average molecular weight is 301 g/mol. The molecule has 1 N–H and O–H groups in total. The van der Waals surface area contributed by atoms with E-state index in [1.165, 1.54) is 47.3 Å². The number of halogens is 1. The summed E-state index contributed by atoms with van der Waals surface area (Å²) in [6, 6.07) is 15.6. The molecule has 0 aromatic heterocycles. The summed E-state index contributed by atoms with van der Waals surface area (Å²) < 4.78 is 0. The SMILES string of the molecule is Cl.c1ccc2c(c1)CCN(Cc1cccc3c1NCC3)C2. The van der Waals surface area contributed by atoms with Crippen LogP contribution in [0.5, 0.6) is 0 Å². The lowest BCUT2D eigenvalue weighted by atomic mass is 9.99. The fraction of sp³-hybridized carbons (Fsp3) is 0.333. The first kappa shape index (κ1) is 14.4. The van der Waals surface area contributed by atoms with Crippen LogP contribution in [0.25, 0.3) is 0 Å². The van der Waals surface area contributed by atoms with Gasteiger partial charge in [0.25, 0.3) is 0 Å². The normalized spacial score (nSPS) is 16.6. The van der Waals surface area contributed by atoms with Gasteiger partial charge in [0, 0.05) is 31.9 Å². The summed E-state index contributed by atoms with van der Waals surface area (Å²) in [5, 5.41) is 3.55. The second-order valence-electron chi connectivity index (χ2n) is 5.86. The van der Waals surface area contributed by atoms with E-state index < -0.39 is 0 Å². The van der Waals surface area contributed by atoms with Crippen LogP contribution in [0.15, 0.2) is 42.5 Å². The van der Waals surface area contributed by atoms with Crippen molar-refractivity contribution in [1.29, 1.82) is 0 Å². The van der Waals surface area contributed by atoms with Crippen LogP contribution in [0.1, 0.15) is 22.3 Å². The van der Waals surface area contributed by atoms with Gasteiger partial charge in [-0.1, -0.05) is 42.5 Å². The van der Waals surface area contributed by atoms with E-state index in [1.807, 2.05) is 0 Å². The molecule has 0 bridgehead atoms. The molecule has 0 amide bonds. The molecule has 0 radical (unpaired) electrons. The highest BCUT2D eigenvalue weighted by Gasteiger charge is 2.19. The Morgan fingerprint density at radius 2 is 1.71 bits per heavy atom. The zero-order valence-electron chi connectivity index (χ0n) is 12.1. The third-order valence-corrected chi connectivity index (χ3v) is 4.54. The van der Waals surface area contributed by atoms with Crippen molar-refractivity contribution in [2.75, 3.05) is 18.4 Å². The van der Waals surface area contributed by atoms with Gasteiger partial charge in [-0.15, -0.1) is 12.4 Å². The molecule has 0 saturated carbocycles. The largest absolute Gasteiger partial charge is 0.384 e. The highest BCUT2D eigenvalue weighted by Crippen LogP contribution is 2.28. The van der Waals surface area contributed by atoms with Gasteiger partial charge >= 0.3 is 0 Å². The summed E-state index contributed by atoms with van der Waals surface area (Å²) in [5.41, 5.74) is 7.37. The maximum Gasteiger partial charge on any atom is 0.0419 e. The van der Waals surface area contributed by atoms with Crippen molar-refractivity contribution in [1.82, 2.24) is 4.90 Å². The molecule has 110 valence electrons. The highest BCUT2D eigenvalue weighted by molar-refractivity contribution is 5.85. The number of nitrogens with zero attached hydrogens (tertiary/aromatic N) is 1. The van der Waals surface area contributed by atoms with Crippen molar-refractivity contribution >= 4 is 18.1 Å². The summed E-state index contributed by atoms with van der Waals surface area (Å²) >= 11 is 0. The number of hydrogen-bond donors (Lipinski definition) is 1. The number of para-hydroxylation sites is 1. The molecule has 2 aliphatic heterocycles. The molecular weight excluding hydrogens is 280 g/mol. The van der Waals surface area contributed by atoms with Gasteiger partial charge in [0.2, 0.25) is 0 Å². The fourth-order valence-electron chi connectivity index (χ4n) is 3.47.